The predicted molar refractivity (Wildman–Crippen MR) is 107 cm³/mol. The molecule has 0 bridgehead atoms. The molecule has 0 saturated heterocycles. The van der Waals surface area contributed by atoms with Crippen LogP contribution < -0.4 is 14.8 Å². The first-order valence-corrected chi connectivity index (χ1v) is 10.5. The van der Waals surface area contributed by atoms with Crippen molar-refractivity contribution in [3.63, 3.8) is 0 Å². The summed E-state index contributed by atoms with van der Waals surface area (Å²) in [6.45, 7) is 6.01. The van der Waals surface area contributed by atoms with Gasteiger partial charge in [-0.2, -0.15) is 4.72 Å². The molecule has 0 aliphatic rings. The number of nitrogens with zero attached hydrogens (tertiary/aromatic N) is 1. The molecule has 1 heterocycles. The Morgan fingerprint density at radius 1 is 1.18 bits per heavy atom. The standard InChI is InChI=1S/C20H27N3O4S/c1-14(2)11-18(23-28(25,26)17-7-5-15(3)6-8-17)20(24)22-13-16-9-10-21-19(12-16)27-4/h5-10,12,14,18,23H,11,13H2,1-4H3,(H,22,24). The number of hydrogen-bond donors (Lipinski definition) is 2. The largest absolute Gasteiger partial charge is 0.481 e. The number of amides is 1. The number of benzene rings is 1. The van der Waals surface area contributed by atoms with Crippen LogP contribution in [0.15, 0.2) is 47.5 Å². The number of nitrogens with one attached hydrogen (secondary N) is 2. The molecular weight excluding hydrogens is 378 g/mol. The van der Waals surface area contributed by atoms with Gasteiger partial charge in [-0.3, -0.25) is 4.79 Å². The molecule has 2 aromatic rings. The number of methoxy groups -OCH3 is 1. The van der Waals surface area contributed by atoms with Crippen molar-refractivity contribution in [2.75, 3.05) is 7.11 Å². The van der Waals surface area contributed by atoms with Crippen LogP contribution in [0, 0.1) is 12.8 Å². The van der Waals surface area contributed by atoms with Crippen LogP contribution in [0.4, 0.5) is 0 Å². The van der Waals surface area contributed by atoms with E-state index in [0.717, 1.165) is 11.1 Å². The van der Waals surface area contributed by atoms with E-state index in [2.05, 4.69) is 15.0 Å². The average molecular weight is 406 g/mol. The zero-order chi connectivity index (χ0) is 20.7. The van der Waals surface area contributed by atoms with Crippen LogP contribution in [-0.2, 0) is 21.4 Å². The van der Waals surface area contributed by atoms with Crippen molar-refractivity contribution in [1.82, 2.24) is 15.0 Å². The summed E-state index contributed by atoms with van der Waals surface area (Å²) in [4.78, 5) is 16.8. The lowest BCUT2D eigenvalue weighted by atomic mass is 10.0. The van der Waals surface area contributed by atoms with Crippen LogP contribution in [0.1, 0.15) is 31.4 Å². The number of sulfonamides is 1. The van der Waals surface area contributed by atoms with E-state index in [9.17, 15) is 13.2 Å². The lowest BCUT2D eigenvalue weighted by Crippen LogP contribution is -2.47. The first kappa shape index (κ1) is 21.8. The fourth-order valence-corrected chi connectivity index (χ4v) is 3.85. The molecule has 152 valence electrons. The van der Waals surface area contributed by atoms with Gasteiger partial charge in [-0.1, -0.05) is 31.5 Å². The Morgan fingerprint density at radius 2 is 1.86 bits per heavy atom. The smallest absolute Gasteiger partial charge is 0.241 e. The Hall–Kier alpha value is -2.45. The summed E-state index contributed by atoms with van der Waals surface area (Å²) in [7, 11) is -2.28. The predicted octanol–water partition coefficient (Wildman–Crippen LogP) is 2.41. The van der Waals surface area contributed by atoms with Gasteiger partial charge in [0.2, 0.25) is 21.8 Å². The Balaban J connectivity index is 2.10. The third kappa shape index (κ3) is 6.31. The summed E-state index contributed by atoms with van der Waals surface area (Å²) in [5.74, 6) is 0.211. The number of hydrogen-bond acceptors (Lipinski definition) is 5. The molecule has 1 aromatic carbocycles. The molecule has 8 heteroatoms. The fraction of sp³-hybridized carbons (Fsp3) is 0.400. The van der Waals surface area contributed by atoms with Gasteiger partial charge in [0.15, 0.2) is 0 Å². The molecule has 1 atom stereocenters. The van der Waals surface area contributed by atoms with E-state index in [0.29, 0.717) is 12.3 Å². The van der Waals surface area contributed by atoms with Crippen LogP contribution in [0.5, 0.6) is 5.88 Å². The summed E-state index contributed by atoms with van der Waals surface area (Å²) in [5, 5.41) is 2.79. The van der Waals surface area contributed by atoms with E-state index in [1.807, 2.05) is 20.8 Å². The SMILES string of the molecule is COc1cc(CNC(=O)C(CC(C)C)NS(=O)(=O)c2ccc(C)cc2)ccn1. The van der Waals surface area contributed by atoms with Crippen molar-refractivity contribution in [3.05, 3.63) is 53.7 Å². The second-order valence-electron chi connectivity index (χ2n) is 7.04. The van der Waals surface area contributed by atoms with Crippen molar-refractivity contribution in [2.24, 2.45) is 5.92 Å². The molecule has 1 unspecified atom stereocenters. The molecule has 7 nitrogen and oxygen atoms in total. The van der Waals surface area contributed by atoms with Crippen LogP contribution in [0.3, 0.4) is 0 Å². The molecule has 1 amide bonds. The van der Waals surface area contributed by atoms with E-state index in [1.54, 1.807) is 30.5 Å². The molecule has 28 heavy (non-hydrogen) atoms. The summed E-state index contributed by atoms with van der Waals surface area (Å²) in [5.41, 5.74) is 1.77. The highest BCUT2D eigenvalue weighted by Crippen LogP contribution is 2.14. The number of ether oxygens (including phenoxy) is 1. The Morgan fingerprint density at radius 3 is 2.46 bits per heavy atom. The molecule has 0 aliphatic carbocycles. The van der Waals surface area contributed by atoms with Gasteiger partial charge in [0.1, 0.15) is 6.04 Å². The number of carbonyl (C=O) groups excluding carboxylic acids is 1. The van der Waals surface area contributed by atoms with E-state index in [4.69, 9.17) is 4.74 Å². The van der Waals surface area contributed by atoms with Crippen molar-refractivity contribution < 1.29 is 17.9 Å². The third-order valence-corrected chi connectivity index (χ3v) is 5.62. The maximum Gasteiger partial charge on any atom is 0.241 e. The first-order chi connectivity index (χ1) is 13.2. The maximum atomic E-state index is 12.7. The van der Waals surface area contributed by atoms with E-state index in [1.165, 1.54) is 19.2 Å². The van der Waals surface area contributed by atoms with Crippen LogP contribution in [0.25, 0.3) is 0 Å². The summed E-state index contributed by atoms with van der Waals surface area (Å²) in [6.07, 6.45) is 1.97. The van der Waals surface area contributed by atoms with Gasteiger partial charge in [0, 0.05) is 18.8 Å². The lowest BCUT2D eigenvalue weighted by molar-refractivity contribution is -0.123. The topological polar surface area (TPSA) is 97.4 Å². The second kappa shape index (κ2) is 9.66. The van der Waals surface area contributed by atoms with Crippen molar-refractivity contribution >= 4 is 15.9 Å². The molecular formula is C20H27N3O4S. The highest BCUT2D eigenvalue weighted by molar-refractivity contribution is 7.89. The monoisotopic (exact) mass is 405 g/mol. The fourth-order valence-electron chi connectivity index (χ4n) is 2.64. The second-order valence-corrected chi connectivity index (χ2v) is 8.75. The molecule has 0 spiro atoms. The quantitative estimate of drug-likeness (QED) is 0.668. The number of pyridine rings is 1. The minimum atomic E-state index is -3.80. The highest BCUT2D eigenvalue weighted by Gasteiger charge is 2.26. The number of aryl methyl sites for hydroxylation is 1. The number of aromatic nitrogens is 1. The van der Waals surface area contributed by atoms with Crippen molar-refractivity contribution in [1.29, 1.82) is 0 Å². The summed E-state index contributed by atoms with van der Waals surface area (Å²) >= 11 is 0. The van der Waals surface area contributed by atoms with Gasteiger partial charge in [-0.15, -0.1) is 0 Å². The average Bonchev–Trinajstić information content (AvgIpc) is 2.65. The lowest BCUT2D eigenvalue weighted by Gasteiger charge is -2.20. The third-order valence-electron chi connectivity index (χ3n) is 4.13. The number of rotatable bonds is 9. The van der Waals surface area contributed by atoms with E-state index >= 15 is 0 Å². The van der Waals surface area contributed by atoms with E-state index in [-0.39, 0.29) is 23.3 Å². The van der Waals surface area contributed by atoms with Crippen LogP contribution in [0.2, 0.25) is 0 Å². The number of carbonyl (C=O) groups is 1. The molecule has 0 fully saturated rings. The van der Waals surface area contributed by atoms with Gasteiger partial charge in [-0.05, 0) is 43.0 Å². The normalized spacial score (nSPS) is 12.6. The van der Waals surface area contributed by atoms with Crippen molar-refractivity contribution in [2.45, 2.75) is 44.7 Å². The highest BCUT2D eigenvalue weighted by atomic mass is 32.2. The first-order valence-electron chi connectivity index (χ1n) is 9.07. The van der Waals surface area contributed by atoms with Gasteiger partial charge < -0.3 is 10.1 Å². The van der Waals surface area contributed by atoms with E-state index < -0.39 is 16.1 Å². The Bertz CT molecular complexity index is 896. The van der Waals surface area contributed by atoms with Crippen molar-refractivity contribution in [3.8, 4) is 5.88 Å². The molecule has 0 saturated carbocycles. The molecule has 1 aromatic heterocycles. The van der Waals surface area contributed by atoms with Gasteiger partial charge >= 0.3 is 0 Å². The van der Waals surface area contributed by atoms with Gasteiger partial charge in [-0.25, -0.2) is 13.4 Å². The minimum absolute atomic E-state index is 0.137. The van der Waals surface area contributed by atoms with Gasteiger partial charge in [0.25, 0.3) is 0 Å². The Kier molecular flexibility index (Phi) is 7.53. The minimum Gasteiger partial charge on any atom is -0.481 e. The Labute approximate surface area is 166 Å². The zero-order valence-corrected chi connectivity index (χ0v) is 17.4. The molecule has 0 aliphatic heterocycles. The zero-order valence-electron chi connectivity index (χ0n) is 16.6. The van der Waals surface area contributed by atoms with Crippen LogP contribution >= 0.6 is 0 Å². The molecule has 2 rings (SSSR count). The van der Waals surface area contributed by atoms with Gasteiger partial charge in [0.05, 0.1) is 12.0 Å². The molecule has 2 N–H and O–H groups in total. The molecule has 0 radical (unpaired) electrons. The maximum absolute atomic E-state index is 12.7. The summed E-state index contributed by atoms with van der Waals surface area (Å²) in [6, 6.07) is 9.13. The van der Waals surface area contributed by atoms with Crippen LogP contribution in [-0.4, -0.2) is 32.5 Å². The summed E-state index contributed by atoms with van der Waals surface area (Å²) < 4.78 is 33.0.